The molecule has 1 saturated heterocycles. The molecule has 3 rings (SSSR count). The molecule has 0 N–H and O–H groups in total. The summed E-state index contributed by atoms with van der Waals surface area (Å²) in [6, 6.07) is 8.59. The predicted molar refractivity (Wildman–Crippen MR) is 143 cm³/mol. The number of carbonyl (C=O) groups excluding carboxylic acids is 2. The van der Waals surface area contributed by atoms with E-state index in [-0.39, 0.29) is 23.5 Å². The summed E-state index contributed by atoms with van der Waals surface area (Å²) in [7, 11) is 0. The van der Waals surface area contributed by atoms with Crippen LogP contribution in [0.1, 0.15) is 79.6 Å². The molecule has 0 unspecified atom stereocenters. The fourth-order valence-electron chi connectivity index (χ4n) is 5.34. The van der Waals surface area contributed by atoms with Gasteiger partial charge in [-0.3, -0.25) is 9.59 Å². The molecule has 0 radical (unpaired) electrons. The second kappa shape index (κ2) is 13.3. The number of carbonyl (C=O) groups is 2. The number of benzene rings is 1. The van der Waals surface area contributed by atoms with Crippen LogP contribution in [0.5, 0.6) is 0 Å². The van der Waals surface area contributed by atoms with Crippen molar-refractivity contribution < 1.29 is 14.0 Å². The number of piperidine rings is 1. The minimum absolute atomic E-state index is 0.121. The highest BCUT2D eigenvalue weighted by Gasteiger charge is 2.29. The van der Waals surface area contributed by atoms with Crippen LogP contribution in [0.3, 0.4) is 0 Å². The van der Waals surface area contributed by atoms with E-state index in [9.17, 15) is 14.0 Å². The molecule has 1 aliphatic heterocycles. The third-order valence-electron chi connectivity index (χ3n) is 7.29. The normalized spacial score (nSPS) is 15.6. The van der Waals surface area contributed by atoms with Crippen LogP contribution in [0.25, 0.3) is 0 Å². The molecule has 2 heterocycles. The van der Waals surface area contributed by atoms with Gasteiger partial charge in [-0.05, 0) is 82.2 Å². The fourth-order valence-corrected chi connectivity index (χ4v) is 5.63. The second-order valence-electron chi connectivity index (χ2n) is 10.0. The van der Waals surface area contributed by atoms with Crippen molar-refractivity contribution >= 4 is 23.3 Å². The summed E-state index contributed by atoms with van der Waals surface area (Å²) >= 11 is 6.00. The Labute approximate surface area is 220 Å². The topological polar surface area (TPSA) is 53.5 Å². The van der Waals surface area contributed by atoms with Crippen LogP contribution in [0.2, 0.25) is 5.15 Å². The van der Waals surface area contributed by atoms with E-state index >= 15 is 0 Å². The molecule has 5 nitrogen and oxygen atoms in total. The molecule has 1 aromatic heterocycles. The summed E-state index contributed by atoms with van der Waals surface area (Å²) in [4.78, 5) is 34.6. The van der Waals surface area contributed by atoms with Crippen molar-refractivity contribution in [2.24, 2.45) is 0 Å². The van der Waals surface area contributed by atoms with Gasteiger partial charge < -0.3 is 9.80 Å². The lowest BCUT2D eigenvalue weighted by atomic mass is 9.97. The SMILES string of the molecule is CCCN(C(=O)Cc1ccc(F)cc1)C1CCN([C@H](C)CCCC(=O)c2c(C)cc(Cl)nc2C)CC1. The predicted octanol–water partition coefficient (Wildman–Crippen LogP) is 6.18. The highest BCUT2D eigenvalue weighted by Crippen LogP contribution is 2.23. The van der Waals surface area contributed by atoms with Gasteiger partial charge in [0.05, 0.1) is 12.1 Å². The van der Waals surface area contributed by atoms with E-state index in [0.717, 1.165) is 62.9 Å². The third kappa shape index (κ3) is 7.59. The smallest absolute Gasteiger partial charge is 0.227 e. The minimum Gasteiger partial charge on any atom is -0.339 e. The Hall–Kier alpha value is -2.31. The maximum atomic E-state index is 13.2. The summed E-state index contributed by atoms with van der Waals surface area (Å²) in [5.74, 6) is -0.0274. The highest BCUT2D eigenvalue weighted by atomic mass is 35.5. The number of ketones is 1. The lowest BCUT2D eigenvalue weighted by molar-refractivity contribution is -0.134. The number of pyridine rings is 1. The molecule has 0 spiro atoms. The Morgan fingerprint density at radius 3 is 2.47 bits per heavy atom. The average molecular weight is 516 g/mol. The summed E-state index contributed by atoms with van der Waals surface area (Å²) in [5, 5.41) is 0.424. The molecule has 0 saturated carbocycles. The lowest BCUT2D eigenvalue weighted by Crippen LogP contribution is -2.50. The summed E-state index contributed by atoms with van der Waals surface area (Å²) in [6.45, 7) is 10.7. The van der Waals surface area contributed by atoms with E-state index in [1.807, 2.05) is 18.7 Å². The zero-order chi connectivity index (χ0) is 26.2. The van der Waals surface area contributed by atoms with Gasteiger partial charge in [0, 0.05) is 43.7 Å². The van der Waals surface area contributed by atoms with Gasteiger partial charge in [0.1, 0.15) is 11.0 Å². The maximum absolute atomic E-state index is 13.2. The second-order valence-corrected chi connectivity index (χ2v) is 10.4. The third-order valence-corrected chi connectivity index (χ3v) is 7.48. The zero-order valence-corrected chi connectivity index (χ0v) is 22.8. The van der Waals surface area contributed by atoms with E-state index < -0.39 is 0 Å². The Morgan fingerprint density at radius 1 is 1.19 bits per heavy atom. The van der Waals surface area contributed by atoms with Gasteiger partial charge in [-0.2, -0.15) is 0 Å². The van der Waals surface area contributed by atoms with E-state index in [1.165, 1.54) is 12.1 Å². The summed E-state index contributed by atoms with van der Waals surface area (Å²) < 4.78 is 13.2. The molecule has 1 aliphatic rings. The first kappa shape index (κ1) is 28.3. The number of amides is 1. The first-order valence-corrected chi connectivity index (χ1v) is 13.5. The van der Waals surface area contributed by atoms with Crippen molar-refractivity contribution in [2.45, 2.75) is 84.7 Å². The molecular formula is C29H39ClFN3O2. The minimum atomic E-state index is -0.283. The number of aryl methyl sites for hydroxylation is 2. The van der Waals surface area contributed by atoms with Gasteiger partial charge in [0.25, 0.3) is 0 Å². The standard InChI is InChI=1S/C29H39ClFN3O2/c1-5-15-34(28(36)19-23-9-11-24(31)12-10-23)25-13-16-33(17-14-25)21(3)7-6-8-26(35)29-20(2)18-27(30)32-22(29)4/h9-12,18,21,25H,5-8,13-17,19H2,1-4H3/t21-/m1/s1. The molecule has 1 atom stereocenters. The molecule has 1 amide bonds. The van der Waals surface area contributed by atoms with Gasteiger partial charge in [-0.15, -0.1) is 0 Å². The molecule has 1 fully saturated rings. The number of rotatable bonds is 11. The molecule has 0 bridgehead atoms. The van der Waals surface area contributed by atoms with E-state index in [4.69, 9.17) is 11.6 Å². The number of hydrogen-bond acceptors (Lipinski definition) is 4. The summed E-state index contributed by atoms with van der Waals surface area (Å²) in [6.07, 6.45) is 5.43. The molecule has 36 heavy (non-hydrogen) atoms. The monoisotopic (exact) mass is 515 g/mol. The zero-order valence-electron chi connectivity index (χ0n) is 22.0. The van der Waals surface area contributed by atoms with Crippen molar-refractivity contribution in [3.63, 3.8) is 0 Å². The first-order valence-electron chi connectivity index (χ1n) is 13.1. The van der Waals surface area contributed by atoms with Crippen LogP contribution in [-0.2, 0) is 11.2 Å². The number of halogens is 2. The summed E-state index contributed by atoms with van der Waals surface area (Å²) in [5.41, 5.74) is 3.14. The van der Waals surface area contributed by atoms with Gasteiger partial charge in [-0.1, -0.05) is 30.7 Å². The van der Waals surface area contributed by atoms with Gasteiger partial charge in [0.15, 0.2) is 5.78 Å². The molecule has 1 aromatic carbocycles. The molecule has 2 aromatic rings. The quantitative estimate of drug-likeness (QED) is 0.265. The fraction of sp³-hybridized carbons (Fsp3) is 0.552. The van der Waals surface area contributed by atoms with Crippen LogP contribution in [-0.4, -0.2) is 58.2 Å². The first-order chi connectivity index (χ1) is 17.2. The number of likely N-dealkylation sites (tertiary alicyclic amines) is 1. The van der Waals surface area contributed by atoms with Crippen molar-refractivity contribution in [2.75, 3.05) is 19.6 Å². The largest absolute Gasteiger partial charge is 0.339 e. The van der Waals surface area contributed by atoms with Gasteiger partial charge in [-0.25, -0.2) is 9.37 Å². The molecular weight excluding hydrogens is 477 g/mol. The number of nitrogens with zero attached hydrogens (tertiary/aromatic N) is 3. The lowest BCUT2D eigenvalue weighted by Gasteiger charge is -2.41. The number of aromatic nitrogens is 1. The van der Waals surface area contributed by atoms with Crippen molar-refractivity contribution in [1.82, 2.24) is 14.8 Å². The van der Waals surface area contributed by atoms with E-state index in [1.54, 1.807) is 18.2 Å². The Balaban J connectivity index is 1.47. The highest BCUT2D eigenvalue weighted by molar-refractivity contribution is 6.29. The molecule has 196 valence electrons. The Kier molecular flexibility index (Phi) is 10.4. The van der Waals surface area contributed by atoms with Crippen molar-refractivity contribution in [3.05, 3.63) is 63.7 Å². The van der Waals surface area contributed by atoms with Gasteiger partial charge in [0.2, 0.25) is 5.91 Å². The number of hydrogen-bond donors (Lipinski definition) is 0. The molecule has 7 heteroatoms. The van der Waals surface area contributed by atoms with E-state index in [0.29, 0.717) is 35.3 Å². The van der Waals surface area contributed by atoms with Crippen LogP contribution < -0.4 is 0 Å². The number of Topliss-reactive ketones (excluding diaryl/α,β-unsaturated/α-hetero) is 1. The van der Waals surface area contributed by atoms with Crippen LogP contribution in [0.4, 0.5) is 4.39 Å². The Morgan fingerprint density at radius 2 is 1.86 bits per heavy atom. The van der Waals surface area contributed by atoms with Crippen molar-refractivity contribution in [1.29, 1.82) is 0 Å². The van der Waals surface area contributed by atoms with Crippen LogP contribution in [0, 0.1) is 19.7 Å². The van der Waals surface area contributed by atoms with Gasteiger partial charge >= 0.3 is 0 Å². The molecule has 0 aliphatic carbocycles. The van der Waals surface area contributed by atoms with Crippen molar-refractivity contribution in [3.8, 4) is 0 Å². The van der Waals surface area contributed by atoms with Crippen LogP contribution >= 0.6 is 11.6 Å². The van der Waals surface area contributed by atoms with E-state index in [2.05, 4.69) is 23.7 Å². The van der Waals surface area contributed by atoms with Crippen LogP contribution in [0.15, 0.2) is 30.3 Å². The maximum Gasteiger partial charge on any atom is 0.227 e. The Bertz CT molecular complexity index is 1010. The average Bonchev–Trinajstić information content (AvgIpc) is 2.83.